The van der Waals surface area contributed by atoms with Gasteiger partial charge in [0.1, 0.15) is 11.8 Å². The molecule has 1 aliphatic rings. The van der Waals surface area contributed by atoms with Crippen LogP contribution < -0.4 is 16.8 Å². The molecule has 0 spiro atoms. The Morgan fingerprint density at radius 3 is 2.78 bits per heavy atom. The van der Waals surface area contributed by atoms with Crippen molar-refractivity contribution in [3.05, 3.63) is 76.6 Å². The summed E-state index contributed by atoms with van der Waals surface area (Å²) in [5, 5.41) is 2.74. The Labute approximate surface area is 210 Å². The highest BCUT2D eigenvalue weighted by molar-refractivity contribution is 6.04. The summed E-state index contributed by atoms with van der Waals surface area (Å²) in [5.74, 6) is -3.40. The Morgan fingerprint density at radius 2 is 2.11 bits per heavy atom. The highest BCUT2D eigenvalue weighted by Gasteiger charge is 2.27. The number of rotatable bonds is 9. The Kier molecular flexibility index (Phi) is 8.52. The molecule has 1 aromatic carbocycles. The zero-order chi connectivity index (χ0) is 26.5. The van der Waals surface area contributed by atoms with E-state index in [0.717, 1.165) is 25.0 Å². The molecule has 1 aromatic heterocycles. The number of benzene rings is 1. The number of nitrogens with zero attached hydrogens (tertiary/aromatic N) is 2. The van der Waals surface area contributed by atoms with Crippen LogP contribution in [0, 0.1) is 6.92 Å². The number of anilines is 1. The second kappa shape index (κ2) is 11.4. The van der Waals surface area contributed by atoms with E-state index in [1.807, 2.05) is 19.9 Å². The molecular formula is C26H33F2N5O3. The number of hydrogen-bond acceptors (Lipinski definition) is 7. The maximum absolute atomic E-state index is 13.6. The summed E-state index contributed by atoms with van der Waals surface area (Å²) >= 11 is 0. The first-order valence-corrected chi connectivity index (χ1v) is 11.7. The van der Waals surface area contributed by atoms with Gasteiger partial charge in [-0.25, -0.2) is 0 Å². The molecular weight excluding hydrogens is 468 g/mol. The van der Waals surface area contributed by atoms with Crippen LogP contribution in [0.15, 0.2) is 54.2 Å². The number of aromatic nitrogens is 1. The Bertz CT molecular complexity index is 1160. The third kappa shape index (κ3) is 6.51. The number of pyridine rings is 1. The normalized spacial score (nSPS) is 16.7. The van der Waals surface area contributed by atoms with Crippen LogP contribution in [0.2, 0.25) is 0 Å². The molecule has 1 amide bonds. The molecule has 0 bridgehead atoms. The van der Waals surface area contributed by atoms with E-state index in [1.54, 1.807) is 25.3 Å². The predicted octanol–water partition coefficient (Wildman–Crippen LogP) is 3.94. The molecule has 0 aliphatic carbocycles. The van der Waals surface area contributed by atoms with Gasteiger partial charge in [0, 0.05) is 49.3 Å². The first kappa shape index (κ1) is 26.9. The van der Waals surface area contributed by atoms with Crippen molar-refractivity contribution < 1.29 is 23.0 Å². The highest BCUT2D eigenvalue weighted by atomic mass is 19.3. The van der Waals surface area contributed by atoms with Gasteiger partial charge >= 0.3 is 0 Å². The minimum atomic E-state index is -3.15. The van der Waals surface area contributed by atoms with Crippen LogP contribution in [0.5, 0.6) is 0 Å². The fourth-order valence-corrected chi connectivity index (χ4v) is 3.82. The van der Waals surface area contributed by atoms with E-state index >= 15 is 0 Å². The van der Waals surface area contributed by atoms with Crippen LogP contribution in [-0.4, -0.2) is 48.7 Å². The van der Waals surface area contributed by atoms with Crippen molar-refractivity contribution in [2.45, 2.75) is 39.2 Å². The number of allylic oxidation sites excluding steroid dienone is 1. The summed E-state index contributed by atoms with van der Waals surface area (Å²) < 4.78 is 38.3. The summed E-state index contributed by atoms with van der Waals surface area (Å²) in [6.07, 6.45) is 3.73. The van der Waals surface area contributed by atoms with Gasteiger partial charge in [0.05, 0.1) is 18.8 Å². The van der Waals surface area contributed by atoms with Crippen molar-refractivity contribution in [3.63, 3.8) is 0 Å². The fraction of sp³-hybridized carbons (Fsp3) is 0.385. The fourth-order valence-electron chi connectivity index (χ4n) is 3.82. The third-order valence-electron chi connectivity index (χ3n) is 5.90. The quantitative estimate of drug-likeness (QED) is 0.477. The SMILES string of the molecule is CCC1CN(CCOC)C(/C=C(\N)c2cc(NC(=O)c3ccnc(C(C)(F)F)c3)ccc2C)=C(N)O1. The Hall–Kier alpha value is -3.66. The smallest absolute Gasteiger partial charge is 0.286 e. The lowest BCUT2D eigenvalue weighted by Crippen LogP contribution is -2.41. The van der Waals surface area contributed by atoms with Crippen molar-refractivity contribution in [1.29, 1.82) is 0 Å². The van der Waals surface area contributed by atoms with Crippen molar-refractivity contribution in [1.82, 2.24) is 9.88 Å². The maximum atomic E-state index is 13.6. The van der Waals surface area contributed by atoms with Gasteiger partial charge in [-0.15, -0.1) is 0 Å². The van der Waals surface area contributed by atoms with Crippen molar-refractivity contribution >= 4 is 17.3 Å². The maximum Gasteiger partial charge on any atom is 0.286 e. The number of amides is 1. The van der Waals surface area contributed by atoms with Crippen LogP contribution in [-0.2, 0) is 15.4 Å². The van der Waals surface area contributed by atoms with Crippen LogP contribution in [0.3, 0.4) is 0 Å². The first-order chi connectivity index (χ1) is 17.0. The van der Waals surface area contributed by atoms with Crippen molar-refractivity contribution in [2.24, 2.45) is 11.5 Å². The van der Waals surface area contributed by atoms with E-state index in [2.05, 4.69) is 15.2 Å². The standard InChI is InChI=1S/C26H33F2N5O3/c1-5-19-15-33(10-11-35-4)22(24(30)36-19)14-21(29)20-13-18(7-6-16(20)2)32-25(34)17-8-9-31-23(12-17)26(3,27)28/h6-9,12-14,19H,5,10-11,15,29-30H2,1-4H3,(H,32,34)/b21-14-. The van der Waals surface area contributed by atoms with Gasteiger partial charge < -0.3 is 31.2 Å². The van der Waals surface area contributed by atoms with Crippen LogP contribution in [0.4, 0.5) is 14.5 Å². The van der Waals surface area contributed by atoms with E-state index in [9.17, 15) is 13.6 Å². The van der Waals surface area contributed by atoms with E-state index < -0.39 is 17.5 Å². The van der Waals surface area contributed by atoms with Gasteiger partial charge in [-0.3, -0.25) is 9.78 Å². The summed E-state index contributed by atoms with van der Waals surface area (Å²) in [7, 11) is 1.64. The number of aryl methyl sites for hydroxylation is 1. The molecule has 10 heteroatoms. The summed E-state index contributed by atoms with van der Waals surface area (Å²) in [4.78, 5) is 18.5. The van der Waals surface area contributed by atoms with E-state index in [4.69, 9.17) is 20.9 Å². The lowest BCUT2D eigenvalue weighted by atomic mass is 10.0. The summed E-state index contributed by atoms with van der Waals surface area (Å²) in [6.45, 7) is 6.45. The van der Waals surface area contributed by atoms with Crippen LogP contribution in [0.25, 0.3) is 5.70 Å². The molecule has 194 valence electrons. The van der Waals surface area contributed by atoms with Gasteiger partial charge in [-0.1, -0.05) is 13.0 Å². The zero-order valence-corrected chi connectivity index (χ0v) is 21.0. The molecule has 2 aromatic rings. The number of nitrogens with two attached hydrogens (primary N) is 2. The number of carbonyl (C=O) groups excluding carboxylic acids is 1. The average molecular weight is 502 g/mol. The first-order valence-electron chi connectivity index (χ1n) is 11.7. The molecule has 0 radical (unpaired) electrons. The largest absolute Gasteiger partial charge is 0.473 e. The number of alkyl halides is 2. The third-order valence-corrected chi connectivity index (χ3v) is 5.90. The number of halogens is 2. The number of carbonyl (C=O) groups is 1. The van der Waals surface area contributed by atoms with Crippen molar-refractivity contribution in [2.75, 3.05) is 32.1 Å². The second-order valence-corrected chi connectivity index (χ2v) is 8.74. The van der Waals surface area contributed by atoms with Crippen LogP contribution in [0.1, 0.15) is 47.4 Å². The number of methoxy groups -OCH3 is 1. The monoisotopic (exact) mass is 501 g/mol. The minimum Gasteiger partial charge on any atom is -0.473 e. The molecule has 5 N–H and O–H groups in total. The molecule has 3 rings (SSSR count). The molecule has 0 fully saturated rings. The summed E-state index contributed by atoms with van der Waals surface area (Å²) in [6, 6.07) is 7.72. The molecule has 1 atom stereocenters. The zero-order valence-electron chi connectivity index (χ0n) is 21.0. The van der Waals surface area contributed by atoms with Crippen LogP contribution >= 0.6 is 0 Å². The molecule has 2 heterocycles. The molecule has 36 heavy (non-hydrogen) atoms. The Balaban J connectivity index is 1.87. The molecule has 8 nitrogen and oxygen atoms in total. The second-order valence-electron chi connectivity index (χ2n) is 8.74. The van der Waals surface area contributed by atoms with E-state index in [1.165, 1.54) is 12.3 Å². The molecule has 1 unspecified atom stereocenters. The molecule has 0 saturated carbocycles. The molecule has 1 aliphatic heterocycles. The number of nitrogens with one attached hydrogen (secondary N) is 1. The van der Waals surface area contributed by atoms with Gasteiger partial charge in [-0.05, 0) is 49.2 Å². The topological polar surface area (TPSA) is 116 Å². The predicted molar refractivity (Wildman–Crippen MR) is 135 cm³/mol. The van der Waals surface area contributed by atoms with E-state index in [0.29, 0.717) is 42.3 Å². The Morgan fingerprint density at radius 1 is 1.36 bits per heavy atom. The van der Waals surface area contributed by atoms with Gasteiger partial charge in [-0.2, -0.15) is 8.78 Å². The highest BCUT2D eigenvalue weighted by Crippen LogP contribution is 2.27. The van der Waals surface area contributed by atoms with E-state index in [-0.39, 0.29) is 17.6 Å². The minimum absolute atomic E-state index is 0.0260. The summed E-state index contributed by atoms with van der Waals surface area (Å²) in [5.41, 5.74) is 15.4. The lowest BCUT2D eigenvalue weighted by molar-refractivity contribution is 0.0127. The lowest BCUT2D eigenvalue weighted by Gasteiger charge is -2.35. The van der Waals surface area contributed by atoms with Gasteiger partial charge in [0.2, 0.25) is 5.88 Å². The molecule has 0 saturated heterocycles. The van der Waals surface area contributed by atoms with Crippen molar-refractivity contribution in [3.8, 4) is 0 Å². The van der Waals surface area contributed by atoms with Gasteiger partial charge in [0.15, 0.2) is 0 Å². The number of hydrogen-bond donors (Lipinski definition) is 3. The van der Waals surface area contributed by atoms with Gasteiger partial charge in [0.25, 0.3) is 11.8 Å². The number of ether oxygens (including phenoxy) is 2. The average Bonchev–Trinajstić information content (AvgIpc) is 2.84.